The third kappa shape index (κ3) is 4.47. The topological polar surface area (TPSA) is 21.8 Å². The molecular formula is C24H34N4. The molecule has 1 N–H and O–H groups in total. The van der Waals surface area contributed by atoms with Crippen LogP contribution in [0.4, 0.5) is 0 Å². The molecule has 4 nitrogen and oxygen atoms in total. The molecule has 0 saturated carbocycles. The number of rotatable bonds is 1. The number of hydrogen-bond donors (Lipinski definition) is 1. The molecule has 0 spiro atoms. The van der Waals surface area contributed by atoms with Crippen molar-refractivity contribution in [3.8, 4) is 0 Å². The number of fused-ring (bicyclic) bond motifs is 2. The lowest BCUT2D eigenvalue weighted by molar-refractivity contribution is 0.125. The van der Waals surface area contributed by atoms with Crippen molar-refractivity contribution in [2.45, 2.75) is 12.5 Å². The quantitative estimate of drug-likeness (QED) is 0.823. The molecule has 0 aromatic heterocycles. The summed E-state index contributed by atoms with van der Waals surface area (Å²) in [5, 5.41) is 3.27. The van der Waals surface area contributed by atoms with Crippen molar-refractivity contribution in [2.24, 2.45) is 0 Å². The fourth-order valence-electron chi connectivity index (χ4n) is 4.55. The lowest BCUT2D eigenvalue weighted by Crippen LogP contribution is -2.47. The largest absolute Gasteiger partial charge is 0.314 e. The fraction of sp³-hybridized carbons (Fsp3) is 0.500. The van der Waals surface area contributed by atoms with Crippen LogP contribution in [0, 0.1) is 0 Å². The van der Waals surface area contributed by atoms with Gasteiger partial charge in [-0.15, -0.1) is 0 Å². The van der Waals surface area contributed by atoms with Crippen LogP contribution in [-0.4, -0.2) is 81.2 Å². The Kier molecular flexibility index (Phi) is 6.43. The molecule has 2 fully saturated rings. The Hall–Kier alpha value is -1.72. The van der Waals surface area contributed by atoms with E-state index >= 15 is 0 Å². The first kappa shape index (κ1) is 19.6. The minimum Gasteiger partial charge on any atom is -0.314 e. The third-order valence-electron chi connectivity index (χ3n) is 6.32. The molecule has 1 aliphatic carbocycles. The van der Waals surface area contributed by atoms with Gasteiger partial charge < -0.3 is 15.1 Å². The van der Waals surface area contributed by atoms with Gasteiger partial charge in [0.2, 0.25) is 0 Å². The Labute approximate surface area is 170 Å². The monoisotopic (exact) mass is 378 g/mol. The van der Waals surface area contributed by atoms with Gasteiger partial charge in [0, 0.05) is 52.4 Å². The highest BCUT2D eigenvalue weighted by molar-refractivity contribution is 5.48. The maximum absolute atomic E-state index is 3.27. The summed E-state index contributed by atoms with van der Waals surface area (Å²) in [5.41, 5.74) is 6.03. The molecule has 2 heterocycles. The molecule has 0 amide bonds. The van der Waals surface area contributed by atoms with Gasteiger partial charge >= 0.3 is 0 Å². The SMILES string of the molecule is CN1CCN(C2c3ccccc3Cc3ccccc32)CC1.CN1CCNCC1. The average molecular weight is 379 g/mol. The molecule has 0 bridgehead atoms. The van der Waals surface area contributed by atoms with E-state index in [0.717, 1.165) is 32.6 Å². The summed E-state index contributed by atoms with van der Waals surface area (Å²) in [6, 6.07) is 18.4. The van der Waals surface area contributed by atoms with E-state index in [-0.39, 0.29) is 0 Å². The molecule has 3 aliphatic rings. The van der Waals surface area contributed by atoms with Gasteiger partial charge in [-0.3, -0.25) is 4.90 Å². The summed E-state index contributed by atoms with van der Waals surface area (Å²) in [6.07, 6.45) is 1.08. The van der Waals surface area contributed by atoms with E-state index in [4.69, 9.17) is 0 Å². The van der Waals surface area contributed by atoms with Crippen LogP contribution in [0.5, 0.6) is 0 Å². The predicted molar refractivity (Wildman–Crippen MR) is 117 cm³/mol. The molecule has 0 unspecified atom stereocenters. The van der Waals surface area contributed by atoms with E-state index < -0.39 is 0 Å². The van der Waals surface area contributed by atoms with Crippen molar-refractivity contribution in [1.82, 2.24) is 20.0 Å². The molecule has 0 atom stereocenters. The van der Waals surface area contributed by atoms with Crippen LogP contribution in [0.25, 0.3) is 0 Å². The van der Waals surface area contributed by atoms with Crippen LogP contribution in [-0.2, 0) is 6.42 Å². The predicted octanol–water partition coefficient (Wildman–Crippen LogP) is 2.45. The van der Waals surface area contributed by atoms with Gasteiger partial charge in [-0.1, -0.05) is 48.5 Å². The summed E-state index contributed by atoms with van der Waals surface area (Å²) in [6.45, 7) is 9.39. The highest BCUT2D eigenvalue weighted by Gasteiger charge is 2.31. The van der Waals surface area contributed by atoms with Gasteiger partial charge in [0.25, 0.3) is 0 Å². The summed E-state index contributed by atoms with van der Waals surface area (Å²) in [5.74, 6) is 0. The third-order valence-corrected chi connectivity index (χ3v) is 6.32. The number of piperazine rings is 2. The lowest BCUT2D eigenvalue weighted by atomic mass is 9.81. The van der Waals surface area contributed by atoms with E-state index in [2.05, 4.69) is 82.6 Å². The zero-order valence-electron chi connectivity index (χ0n) is 17.4. The van der Waals surface area contributed by atoms with Crippen LogP contribution in [0.2, 0.25) is 0 Å². The van der Waals surface area contributed by atoms with E-state index in [1.165, 1.54) is 48.4 Å². The van der Waals surface area contributed by atoms with Crippen molar-refractivity contribution in [3.63, 3.8) is 0 Å². The zero-order chi connectivity index (χ0) is 19.3. The van der Waals surface area contributed by atoms with E-state index in [0.29, 0.717) is 6.04 Å². The van der Waals surface area contributed by atoms with Crippen LogP contribution in [0.15, 0.2) is 48.5 Å². The first-order chi connectivity index (χ1) is 13.7. The summed E-state index contributed by atoms with van der Waals surface area (Å²) in [4.78, 5) is 7.42. The molecule has 2 aromatic rings. The minimum absolute atomic E-state index is 0.444. The molecule has 2 aromatic carbocycles. The van der Waals surface area contributed by atoms with Crippen molar-refractivity contribution < 1.29 is 0 Å². The van der Waals surface area contributed by atoms with Crippen molar-refractivity contribution in [2.75, 3.05) is 66.5 Å². The van der Waals surface area contributed by atoms with Gasteiger partial charge in [0.15, 0.2) is 0 Å². The fourth-order valence-corrected chi connectivity index (χ4v) is 4.55. The molecule has 5 rings (SSSR count). The molecule has 28 heavy (non-hydrogen) atoms. The Balaban J connectivity index is 0.000000233. The van der Waals surface area contributed by atoms with Crippen molar-refractivity contribution >= 4 is 0 Å². The van der Waals surface area contributed by atoms with Crippen LogP contribution in [0.3, 0.4) is 0 Å². The lowest BCUT2D eigenvalue weighted by Gasteiger charge is -2.41. The molecular weight excluding hydrogens is 344 g/mol. The van der Waals surface area contributed by atoms with E-state index in [1.54, 1.807) is 0 Å². The Morgan fingerprint density at radius 1 is 0.679 bits per heavy atom. The minimum atomic E-state index is 0.444. The van der Waals surface area contributed by atoms with Gasteiger partial charge in [-0.05, 0) is 42.8 Å². The number of hydrogen-bond acceptors (Lipinski definition) is 4. The molecule has 4 heteroatoms. The average Bonchev–Trinajstić information content (AvgIpc) is 2.74. The van der Waals surface area contributed by atoms with Gasteiger partial charge in [-0.25, -0.2) is 0 Å². The number of nitrogens with one attached hydrogen (secondary N) is 1. The Morgan fingerprint density at radius 3 is 1.68 bits per heavy atom. The number of likely N-dealkylation sites (N-methyl/N-ethyl adjacent to an activating group) is 2. The van der Waals surface area contributed by atoms with Crippen LogP contribution >= 0.6 is 0 Å². The maximum atomic E-state index is 3.27. The normalized spacial score (nSPS) is 21.4. The standard InChI is InChI=1S/C19H22N2.C5H12N2/c1-20-10-12-21(13-11-20)19-17-8-4-2-6-15(17)14-16-7-3-5-9-18(16)19;1-7-4-2-6-3-5-7/h2-9,19H,10-14H2,1H3;6H,2-5H2,1H3. The Morgan fingerprint density at radius 2 is 1.18 bits per heavy atom. The molecule has 0 radical (unpaired) electrons. The maximum Gasteiger partial charge on any atom is 0.0608 e. The first-order valence-electron chi connectivity index (χ1n) is 10.7. The molecule has 2 aliphatic heterocycles. The van der Waals surface area contributed by atoms with Gasteiger partial charge in [-0.2, -0.15) is 0 Å². The number of nitrogens with zero attached hydrogens (tertiary/aromatic N) is 3. The highest BCUT2D eigenvalue weighted by atomic mass is 15.3. The van der Waals surface area contributed by atoms with Gasteiger partial charge in [0.1, 0.15) is 0 Å². The number of benzene rings is 2. The Bertz CT molecular complexity index is 715. The molecule has 2 saturated heterocycles. The highest BCUT2D eigenvalue weighted by Crippen LogP contribution is 2.38. The van der Waals surface area contributed by atoms with Gasteiger partial charge in [0.05, 0.1) is 6.04 Å². The van der Waals surface area contributed by atoms with Crippen LogP contribution < -0.4 is 5.32 Å². The second kappa shape index (κ2) is 9.19. The summed E-state index contributed by atoms with van der Waals surface area (Å²) >= 11 is 0. The van der Waals surface area contributed by atoms with Crippen LogP contribution in [0.1, 0.15) is 28.3 Å². The zero-order valence-corrected chi connectivity index (χ0v) is 17.4. The van der Waals surface area contributed by atoms with Crippen molar-refractivity contribution in [3.05, 3.63) is 70.8 Å². The van der Waals surface area contributed by atoms with E-state index in [1.807, 2.05) is 0 Å². The first-order valence-corrected chi connectivity index (χ1v) is 10.7. The second-order valence-electron chi connectivity index (χ2n) is 8.37. The smallest absolute Gasteiger partial charge is 0.0608 e. The summed E-state index contributed by atoms with van der Waals surface area (Å²) in [7, 11) is 4.38. The van der Waals surface area contributed by atoms with E-state index in [9.17, 15) is 0 Å². The summed E-state index contributed by atoms with van der Waals surface area (Å²) < 4.78 is 0. The second-order valence-corrected chi connectivity index (χ2v) is 8.37. The van der Waals surface area contributed by atoms with Crippen molar-refractivity contribution in [1.29, 1.82) is 0 Å². The molecule has 150 valence electrons.